The molecule has 1 heterocycles. The number of rotatable bonds is 7. The van der Waals surface area contributed by atoms with Gasteiger partial charge in [-0.25, -0.2) is 9.59 Å². The van der Waals surface area contributed by atoms with Gasteiger partial charge in [-0.3, -0.25) is 0 Å². The predicted octanol–water partition coefficient (Wildman–Crippen LogP) is 1.08. The number of hydrogen-bond donors (Lipinski definition) is 4. The predicted molar refractivity (Wildman–Crippen MR) is 72.7 cm³/mol. The van der Waals surface area contributed by atoms with Crippen LogP contribution in [0.3, 0.4) is 0 Å². The fourth-order valence-corrected chi connectivity index (χ4v) is 2.38. The van der Waals surface area contributed by atoms with Gasteiger partial charge in [0, 0.05) is 24.4 Å². The van der Waals surface area contributed by atoms with Crippen LogP contribution in [0.4, 0.5) is 4.79 Å². The second-order valence-corrected chi connectivity index (χ2v) is 5.58. The van der Waals surface area contributed by atoms with Gasteiger partial charge in [-0.2, -0.15) is 0 Å². The largest absolute Gasteiger partial charge is 0.479 e. The molecule has 1 rings (SSSR count). The zero-order chi connectivity index (χ0) is 14.3. The van der Waals surface area contributed by atoms with E-state index in [0.717, 1.165) is 4.88 Å². The molecule has 1 atom stereocenters. The highest BCUT2D eigenvalue weighted by Gasteiger charge is 2.12. The Morgan fingerprint density at radius 1 is 1.32 bits per heavy atom. The number of aliphatic hydroxyl groups excluding tert-OH is 1. The van der Waals surface area contributed by atoms with E-state index in [1.54, 1.807) is 6.07 Å². The minimum absolute atomic E-state index is 0.0245. The van der Waals surface area contributed by atoms with Gasteiger partial charge in [-0.15, -0.1) is 11.3 Å². The van der Waals surface area contributed by atoms with Crippen molar-refractivity contribution in [3.63, 3.8) is 0 Å². The number of amides is 2. The van der Waals surface area contributed by atoms with E-state index in [9.17, 15) is 9.59 Å². The van der Waals surface area contributed by atoms with Gasteiger partial charge in [0.1, 0.15) is 0 Å². The van der Waals surface area contributed by atoms with E-state index < -0.39 is 12.1 Å². The van der Waals surface area contributed by atoms with Crippen molar-refractivity contribution in [3.05, 3.63) is 21.3 Å². The third-order valence-corrected chi connectivity index (χ3v) is 3.57. The van der Waals surface area contributed by atoms with Crippen LogP contribution in [-0.2, 0) is 11.2 Å². The molecule has 0 aliphatic carbocycles. The first-order valence-corrected chi connectivity index (χ1v) is 6.85. The first-order chi connectivity index (χ1) is 8.99. The standard InChI is InChI=1S/C11H15ClN2O4S/c12-9-2-1-7(19-9)3-5-13-11(18)14-6-4-8(15)10(16)17/h1-2,8,15H,3-6H2,(H,16,17)(H2,13,14,18)/t8-/m0/s1. The normalized spacial score (nSPS) is 11.9. The Morgan fingerprint density at radius 2 is 2.00 bits per heavy atom. The van der Waals surface area contributed by atoms with Gasteiger partial charge in [0.25, 0.3) is 0 Å². The fraction of sp³-hybridized carbons (Fsp3) is 0.455. The third kappa shape index (κ3) is 6.42. The molecule has 0 fully saturated rings. The average molecular weight is 307 g/mol. The van der Waals surface area contributed by atoms with Gasteiger partial charge in [0.15, 0.2) is 6.10 Å². The number of nitrogens with one attached hydrogen (secondary N) is 2. The molecule has 106 valence electrons. The Balaban J connectivity index is 2.10. The summed E-state index contributed by atoms with van der Waals surface area (Å²) in [7, 11) is 0. The highest BCUT2D eigenvalue weighted by Crippen LogP contribution is 2.21. The van der Waals surface area contributed by atoms with Crippen LogP contribution in [0.5, 0.6) is 0 Å². The van der Waals surface area contributed by atoms with E-state index in [0.29, 0.717) is 17.3 Å². The van der Waals surface area contributed by atoms with Gasteiger partial charge in [0.2, 0.25) is 0 Å². The molecule has 0 aliphatic rings. The highest BCUT2D eigenvalue weighted by molar-refractivity contribution is 7.16. The number of carbonyl (C=O) groups is 2. The van der Waals surface area contributed by atoms with Crippen molar-refractivity contribution in [2.45, 2.75) is 18.9 Å². The van der Waals surface area contributed by atoms with Crippen LogP contribution in [0.15, 0.2) is 12.1 Å². The smallest absolute Gasteiger partial charge is 0.332 e. The molecule has 0 bridgehead atoms. The second-order valence-electron chi connectivity index (χ2n) is 3.78. The number of carboxylic acid groups (broad SMARTS) is 1. The van der Waals surface area contributed by atoms with Crippen LogP contribution >= 0.6 is 22.9 Å². The van der Waals surface area contributed by atoms with Gasteiger partial charge >= 0.3 is 12.0 Å². The molecule has 19 heavy (non-hydrogen) atoms. The van der Waals surface area contributed by atoms with E-state index in [-0.39, 0.29) is 19.0 Å². The van der Waals surface area contributed by atoms with Crippen molar-refractivity contribution in [3.8, 4) is 0 Å². The van der Waals surface area contributed by atoms with Crippen molar-refractivity contribution in [2.24, 2.45) is 0 Å². The van der Waals surface area contributed by atoms with Gasteiger partial charge in [0.05, 0.1) is 4.34 Å². The number of hydrogen-bond acceptors (Lipinski definition) is 4. The van der Waals surface area contributed by atoms with Gasteiger partial charge < -0.3 is 20.8 Å². The van der Waals surface area contributed by atoms with Crippen molar-refractivity contribution >= 4 is 34.9 Å². The second kappa shape index (κ2) is 7.98. The van der Waals surface area contributed by atoms with E-state index >= 15 is 0 Å². The lowest BCUT2D eigenvalue weighted by atomic mass is 10.2. The SMILES string of the molecule is O=C(NCCc1ccc(Cl)s1)NCC[C@H](O)C(=O)O. The Hall–Kier alpha value is -1.31. The molecule has 0 radical (unpaired) electrons. The molecule has 1 aromatic heterocycles. The molecule has 2 amide bonds. The average Bonchev–Trinajstić information content (AvgIpc) is 2.74. The molecule has 0 saturated heterocycles. The van der Waals surface area contributed by atoms with Crippen molar-refractivity contribution in [2.75, 3.05) is 13.1 Å². The lowest BCUT2D eigenvalue weighted by Gasteiger charge is -2.08. The minimum atomic E-state index is -1.45. The van der Waals surface area contributed by atoms with Crippen molar-refractivity contribution in [1.82, 2.24) is 10.6 Å². The van der Waals surface area contributed by atoms with Gasteiger partial charge in [-0.1, -0.05) is 11.6 Å². The summed E-state index contributed by atoms with van der Waals surface area (Å²) in [5.74, 6) is -1.29. The molecule has 0 saturated carbocycles. The molecule has 0 aromatic carbocycles. The summed E-state index contributed by atoms with van der Waals surface area (Å²) in [4.78, 5) is 22.7. The Morgan fingerprint density at radius 3 is 2.58 bits per heavy atom. The van der Waals surface area contributed by atoms with Crippen molar-refractivity contribution in [1.29, 1.82) is 0 Å². The number of aliphatic hydroxyl groups is 1. The Kier molecular flexibility index (Phi) is 6.61. The molecule has 0 aliphatic heterocycles. The van der Waals surface area contributed by atoms with E-state index in [1.807, 2.05) is 6.07 Å². The van der Waals surface area contributed by atoms with Crippen LogP contribution in [-0.4, -0.2) is 41.4 Å². The fourth-order valence-electron chi connectivity index (χ4n) is 1.29. The molecule has 0 unspecified atom stereocenters. The Bertz CT molecular complexity index is 438. The summed E-state index contributed by atoms with van der Waals surface area (Å²) in [5, 5.41) is 22.5. The number of thiophene rings is 1. The number of urea groups is 1. The zero-order valence-corrected chi connectivity index (χ0v) is 11.6. The first-order valence-electron chi connectivity index (χ1n) is 5.66. The molecule has 0 spiro atoms. The summed E-state index contributed by atoms with van der Waals surface area (Å²) in [5.41, 5.74) is 0. The number of halogens is 1. The van der Waals surface area contributed by atoms with Crippen LogP contribution in [0.2, 0.25) is 4.34 Å². The number of carboxylic acids is 1. The first kappa shape index (κ1) is 15.7. The summed E-state index contributed by atoms with van der Waals surface area (Å²) < 4.78 is 0.710. The monoisotopic (exact) mass is 306 g/mol. The minimum Gasteiger partial charge on any atom is -0.479 e. The molecule has 1 aromatic rings. The highest BCUT2D eigenvalue weighted by atomic mass is 35.5. The molecule has 6 nitrogen and oxygen atoms in total. The molecule has 8 heteroatoms. The van der Waals surface area contributed by atoms with Crippen molar-refractivity contribution < 1.29 is 19.8 Å². The van der Waals surface area contributed by atoms with Gasteiger partial charge in [-0.05, 0) is 18.6 Å². The quantitative estimate of drug-likeness (QED) is 0.606. The lowest BCUT2D eigenvalue weighted by molar-refractivity contribution is -0.146. The van der Waals surface area contributed by atoms with Crippen LogP contribution in [0.1, 0.15) is 11.3 Å². The molecular weight excluding hydrogens is 292 g/mol. The molecule has 4 N–H and O–H groups in total. The number of aliphatic carboxylic acids is 1. The maximum Gasteiger partial charge on any atom is 0.332 e. The van der Waals surface area contributed by atoms with E-state index in [2.05, 4.69) is 10.6 Å². The van der Waals surface area contributed by atoms with E-state index in [1.165, 1.54) is 11.3 Å². The van der Waals surface area contributed by atoms with Crippen LogP contribution in [0.25, 0.3) is 0 Å². The third-order valence-electron chi connectivity index (χ3n) is 2.27. The lowest BCUT2D eigenvalue weighted by Crippen LogP contribution is -2.38. The van der Waals surface area contributed by atoms with Crippen LogP contribution in [0, 0.1) is 0 Å². The topological polar surface area (TPSA) is 98.7 Å². The zero-order valence-electron chi connectivity index (χ0n) is 10.1. The Labute approximate surface area is 119 Å². The summed E-state index contributed by atoms with van der Waals surface area (Å²) in [6.07, 6.45) is -0.792. The maximum absolute atomic E-state index is 11.3. The summed E-state index contributed by atoms with van der Waals surface area (Å²) in [6.45, 7) is 0.564. The van der Waals surface area contributed by atoms with E-state index in [4.69, 9.17) is 21.8 Å². The molecular formula is C11H15ClN2O4S. The summed E-state index contributed by atoms with van der Waals surface area (Å²) in [6, 6.07) is 3.31. The number of carbonyl (C=O) groups excluding carboxylic acids is 1. The summed E-state index contributed by atoms with van der Waals surface area (Å²) >= 11 is 7.23. The maximum atomic E-state index is 11.3. The van der Waals surface area contributed by atoms with Crippen LogP contribution < -0.4 is 10.6 Å².